The number of H-pyrrole nitrogens is 1. The molecule has 1 aliphatic rings. The van der Waals surface area contributed by atoms with Gasteiger partial charge >= 0.3 is 0 Å². The van der Waals surface area contributed by atoms with Crippen LogP contribution < -0.4 is 11.3 Å². The van der Waals surface area contributed by atoms with Gasteiger partial charge in [-0.05, 0) is 12.8 Å². The molecule has 0 bridgehead atoms. The first kappa shape index (κ1) is 13.6. The van der Waals surface area contributed by atoms with Crippen molar-refractivity contribution in [2.75, 3.05) is 12.3 Å². The maximum Gasteiger partial charge on any atom is 0.280 e. The lowest BCUT2D eigenvalue weighted by Crippen LogP contribution is -2.31. The van der Waals surface area contributed by atoms with Gasteiger partial charge in [0.2, 0.25) is 5.95 Å². The molecule has 2 heterocycles. The van der Waals surface area contributed by atoms with Crippen molar-refractivity contribution in [1.82, 2.24) is 19.5 Å². The first-order valence-electron chi connectivity index (χ1n) is 6.50. The van der Waals surface area contributed by atoms with Crippen LogP contribution >= 0.6 is 0 Å². The van der Waals surface area contributed by atoms with Gasteiger partial charge in [-0.3, -0.25) is 9.78 Å². The zero-order valence-electron chi connectivity index (χ0n) is 11.2. The molecule has 0 aliphatic heterocycles. The zero-order valence-corrected chi connectivity index (χ0v) is 11.2. The number of aliphatic hydroxyl groups is 2. The maximum absolute atomic E-state index is 11.8. The predicted molar refractivity (Wildman–Crippen MR) is 75.2 cm³/mol. The fourth-order valence-corrected chi connectivity index (χ4v) is 2.92. The summed E-state index contributed by atoms with van der Waals surface area (Å²) in [7, 11) is 0. The Labute approximate surface area is 119 Å². The fraction of sp³-hybridized carbons (Fsp3) is 0.462. The molecule has 0 unspecified atom stereocenters. The third-order valence-electron chi connectivity index (χ3n) is 4.15. The monoisotopic (exact) mass is 289 g/mol. The van der Waals surface area contributed by atoms with E-state index in [9.17, 15) is 15.0 Å². The number of hydrogen-bond donors (Lipinski definition) is 4. The molecule has 110 valence electrons. The highest BCUT2D eigenvalue weighted by Crippen LogP contribution is 2.44. The second-order valence-corrected chi connectivity index (χ2v) is 5.34. The summed E-state index contributed by atoms with van der Waals surface area (Å²) < 4.78 is 1.68. The Morgan fingerprint density at radius 1 is 1.67 bits per heavy atom. The number of nitrogens with one attached hydrogen (secondary N) is 1. The van der Waals surface area contributed by atoms with Gasteiger partial charge in [-0.25, -0.2) is 4.98 Å². The molecule has 1 fully saturated rings. The number of nitrogens with zero attached hydrogens (tertiary/aromatic N) is 3. The van der Waals surface area contributed by atoms with Crippen molar-refractivity contribution in [3.63, 3.8) is 0 Å². The van der Waals surface area contributed by atoms with Crippen LogP contribution in [0.25, 0.3) is 11.2 Å². The number of aromatic amines is 1. The van der Waals surface area contributed by atoms with Crippen LogP contribution in [0.4, 0.5) is 5.95 Å². The number of imidazole rings is 1. The Morgan fingerprint density at radius 3 is 3.05 bits per heavy atom. The van der Waals surface area contributed by atoms with Gasteiger partial charge in [0.1, 0.15) is 0 Å². The van der Waals surface area contributed by atoms with Crippen LogP contribution in [0, 0.1) is 17.8 Å². The Kier molecular flexibility index (Phi) is 2.97. The van der Waals surface area contributed by atoms with E-state index in [2.05, 4.69) is 20.9 Å². The smallest absolute Gasteiger partial charge is 0.280 e. The first-order valence-corrected chi connectivity index (χ1v) is 6.50. The Morgan fingerprint density at radius 2 is 2.43 bits per heavy atom. The summed E-state index contributed by atoms with van der Waals surface area (Å²) >= 11 is 0. The topological polar surface area (TPSA) is 130 Å². The van der Waals surface area contributed by atoms with Crippen LogP contribution in [-0.2, 0) is 0 Å². The standard InChI is InChI=1S/C13H15N5O3/c1-2-13(5-19)4-7(3-8(13)20)18-6-15-9-10(18)16-12(14)17-11(9)21/h1,6-8,19-20H,3-5H2,(H3,14,16,17,21)/t7-,8-,13+/m1/s1. The van der Waals surface area contributed by atoms with E-state index in [0.29, 0.717) is 18.5 Å². The van der Waals surface area contributed by atoms with Crippen LogP contribution in [0.5, 0.6) is 0 Å². The molecule has 2 aromatic rings. The van der Waals surface area contributed by atoms with E-state index in [-0.39, 0.29) is 24.1 Å². The molecule has 21 heavy (non-hydrogen) atoms. The molecule has 2 aromatic heterocycles. The van der Waals surface area contributed by atoms with Gasteiger partial charge in [-0.1, -0.05) is 5.92 Å². The normalized spacial score (nSPS) is 28.8. The van der Waals surface area contributed by atoms with Gasteiger partial charge in [0, 0.05) is 6.04 Å². The second-order valence-electron chi connectivity index (χ2n) is 5.34. The average Bonchev–Trinajstić information content (AvgIpc) is 3.00. The summed E-state index contributed by atoms with van der Waals surface area (Å²) in [5.74, 6) is 2.49. The van der Waals surface area contributed by atoms with Crippen LogP contribution in [0.1, 0.15) is 18.9 Å². The van der Waals surface area contributed by atoms with E-state index >= 15 is 0 Å². The summed E-state index contributed by atoms with van der Waals surface area (Å²) in [6, 6.07) is -0.207. The molecular formula is C13H15N5O3. The van der Waals surface area contributed by atoms with Crippen molar-refractivity contribution in [2.45, 2.75) is 25.0 Å². The SMILES string of the molecule is C#C[C@@]1(CO)C[C@H](n2cnc3c(=O)[nH]c(N)nc32)C[C@H]1O. The first-order chi connectivity index (χ1) is 10.0. The predicted octanol–water partition coefficient (Wildman–Crippen LogP) is -0.990. The molecule has 8 heteroatoms. The summed E-state index contributed by atoms with van der Waals surface area (Å²) in [6.07, 6.45) is 6.84. The number of anilines is 1. The van der Waals surface area contributed by atoms with Crippen molar-refractivity contribution >= 4 is 17.1 Å². The van der Waals surface area contributed by atoms with E-state index in [0.717, 1.165) is 0 Å². The van der Waals surface area contributed by atoms with E-state index in [1.165, 1.54) is 6.33 Å². The van der Waals surface area contributed by atoms with E-state index in [1.54, 1.807) is 4.57 Å². The van der Waals surface area contributed by atoms with Gasteiger partial charge < -0.3 is 20.5 Å². The number of aliphatic hydroxyl groups excluding tert-OH is 2. The van der Waals surface area contributed by atoms with Crippen LogP contribution in [0.15, 0.2) is 11.1 Å². The average molecular weight is 289 g/mol. The number of rotatable bonds is 2. The van der Waals surface area contributed by atoms with E-state index in [1.807, 2.05) is 0 Å². The molecule has 1 aliphatic carbocycles. The lowest BCUT2D eigenvalue weighted by Gasteiger charge is -2.23. The van der Waals surface area contributed by atoms with Crippen molar-refractivity contribution in [2.24, 2.45) is 5.41 Å². The van der Waals surface area contributed by atoms with Gasteiger partial charge in [-0.15, -0.1) is 6.42 Å². The molecule has 0 spiro atoms. The second kappa shape index (κ2) is 4.58. The molecule has 0 amide bonds. The number of aromatic nitrogens is 4. The van der Waals surface area contributed by atoms with Crippen molar-refractivity contribution in [3.05, 3.63) is 16.7 Å². The van der Waals surface area contributed by atoms with Gasteiger partial charge in [0.25, 0.3) is 5.56 Å². The lowest BCUT2D eigenvalue weighted by atomic mass is 9.86. The largest absolute Gasteiger partial charge is 0.395 e. The molecular weight excluding hydrogens is 274 g/mol. The zero-order chi connectivity index (χ0) is 15.2. The number of terminal acetylenes is 1. The third-order valence-corrected chi connectivity index (χ3v) is 4.15. The molecule has 8 nitrogen and oxygen atoms in total. The molecule has 1 saturated carbocycles. The third kappa shape index (κ3) is 1.90. The Bertz CT molecular complexity index is 789. The molecule has 0 saturated heterocycles. The maximum atomic E-state index is 11.8. The number of nitrogens with two attached hydrogens (primary N) is 1. The molecule has 3 atom stereocenters. The number of hydrogen-bond acceptors (Lipinski definition) is 6. The minimum atomic E-state index is -0.978. The highest BCUT2D eigenvalue weighted by atomic mass is 16.3. The minimum absolute atomic E-state index is 0.00170. The van der Waals surface area contributed by atoms with Crippen molar-refractivity contribution in [3.8, 4) is 12.3 Å². The summed E-state index contributed by atoms with van der Waals surface area (Å²) in [5, 5.41) is 19.6. The van der Waals surface area contributed by atoms with Crippen molar-refractivity contribution < 1.29 is 10.2 Å². The van der Waals surface area contributed by atoms with E-state index in [4.69, 9.17) is 12.2 Å². The quantitative estimate of drug-likeness (QED) is 0.525. The summed E-state index contributed by atoms with van der Waals surface area (Å²) in [5.41, 5.74) is 4.69. The highest BCUT2D eigenvalue weighted by Gasteiger charge is 2.46. The molecule has 0 aromatic carbocycles. The minimum Gasteiger partial charge on any atom is -0.395 e. The van der Waals surface area contributed by atoms with Crippen LogP contribution in [0.2, 0.25) is 0 Å². The molecule has 0 radical (unpaired) electrons. The lowest BCUT2D eigenvalue weighted by molar-refractivity contribution is 0.0475. The molecule has 5 N–H and O–H groups in total. The highest BCUT2D eigenvalue weighted by molar-refractivity contribution is 5.70. The van der Waals surface area contributed by atoms with Crippen molar-refractivity contribution in [1.29, 1.82) is 0 Å². The number of fused-ring (bicyclic) bond motifs is 1. The number of nitrogen functional groups attached to an aromatic ring is 1. The van der Waals surface area contributed by atoms with Crippen LogP contribution in [-0.4, -0.2) is 42.4 Å². The van der Waals surface area contributed by atoms with Gasteiger partial charge in [-0.2, -0.15) is 4.98 Å². The Balaban J connectivity index is 2.07. The van der Waals surface area contributed by atoms with E-state index < -0.39 is 17.1 Å². The fourth-order valence-electron chi connectivity index (χ4n) is 2.92. The van der Waals surface area contributed by atoms with Gasteiger partial charge in [0.15, 0.2) is 11.2 Å². The Hall–Kier alpha value is -2.37. The van der Waals surface area contributed by atoms with Crippen LogP contribution in [0.3, 0.4) is 0 Å². The summed E-state index contributed by atoms with van der Waals surface area (Å²) in [4.78, 5) is 22.3. The van der Waals surface area contributed by atoms with Gasteiger partial charge in [0.05, 0.1) is 24.5 Å². The molecule has 3 rings (SSSR count). The summed E-state index contributed by atoms with van der Waals surface area (Å²) in [6.45, 7) is -0.302.